The topological polar surface area (TPSA) is 85.6 Å². The SMILES string of the molecule is CCNC(=NCC(O)c1ccco1)NCCc1c[nH]c2cccc(C)c12.I. The third kappa shape index (κ3) is 5.49. The molecule has 0 bridgehead atoms. The second-order valence-corrected chi connectivity index (χ2v) is 6.24. The molecular weight excluding hydrogens is 455 g/mol. The zero-order valence-corrected chi connectivity index (χ0v) is 18.0. The van der Waals surface area contributed by atoms with E-state index >= 15 is 0 Å². The predicted octanol–water partition coefficient (Wildman–Crippen LogP) is 3.52. The maximum Gasteiger partial charge on any atom is 0.191 e. The van der Waals surface area contributed by atoms with Gasteiger partial charge in [-0.15, -0.1) is 24.0 Å². The molecule has 0 fully saturated rings. The Bertz CT molecular complexity index is 858. The number of aromatic nitrogens is 1. The summed E-state index contributed by atoms with van der Waals surface area (Å²) in [6, 6.07) is 9.81. The molecule has 7 heteroatoms. The number of aryl methyl sites for hydroxylation is 1. The van der Waals surface area contributed by atoms with Crippen molar-refractivity contribution in [3.63, 3.8) is 0 Å². The first-order valence-electron chi connectivity index (χ1n) is 8.98. The van der Waals surface area contributed by atoms with Crippen LogP contribution in [0.4, 0.5) is 0 Å². The molecule has 3 aromatic rings. The first-order chi connectivity index (χ1) is 12.7. The van der Waals surface area contributed by atoms with Crippen molar-refractivity contribution < 1.29 is 9.52 Å². The number of aliphatic hydroxyl groups is 1. The zero-order chi connectivity index (χ0) is 18.4. The summed E-state index contributed by atoms with van der Waals surface area (Å²) in [5.41, 5.74) is 3.74. The monoisotopic (exact) mass is 482 g/mol. The van der Waals surface area contributed by atoms with Crippen LogP contribution in [0.1, 0.15) is 29.9 Å². The fourth-order valence-electron chi connectivity index (χ4n) is 3.05. The fourth-order valence-corrected chi connectivity index (χ4v) is 3.05. The normalized spacial score (nSPS) is 12.6. The number of nitrogens with one attached hydrogen (secondary N) is 3. The minimum Gasteiger partial charge on any atom is -0.467 e. The highest BCUT2D eigenvalue weighted by molar-refractivity contribution is 14.0. The number of furan rings is 1. The molecule has 0 saturated heterocycles. The number of aromatic amines is 1. The van der Waals surface area contributed by atoms with Crippen LogP contribution in [0.5, 0.6) is 0 Å². The Balaban J connectivity index is 0.00000261. The van der Waals surface area contributed by atoms with Crippen LogP contribution < -0.4 is 10.6 Å². The van der Waals surface area contributed by atoms with Crippen molar-refractivity contribution in [2.24, 2.45) is 4.99 Å². The molecule has 4 N–H and O–H groups in total. The summed E-state index contributed by atoms with van der Waals surface area (Å²) < 4.78 is 5.21. The van der Waals surface area contributed by atoms with E-state index < -0.39 is 6.10 Å². The van der Waals surface area contributed by atoms with Gasteiger partial charge in [-0.25, -0.2) is 0 Å². The third-order valence-corrected chi connectivity index (χ3v) is 4.32. The van der Waals surface area contributed by atoms with Crippen molar-refractivity contribution in [1.29, 1.82) is 0 Å². The van der Waals surface area contributed by atoms with Gasteiger partial charge in [0.25, 0.3) is 0 Å². The van der Waals surface area contributed by atoms with Crippen molar-refractivity contribution in [2.45, 2.75) is 26.4 Å². The number of halogens is 1. The Hall–Kier alpha value is -2.00. The second kappa shape index (κ2) is 10.4. The molecule has 0 aliphatic heterocycles. The number of hydrogen-bond acceptors (Lipinski definition) is 3. The van der Waals surface area contributed by atoms with Gasteiger partial charge in [-0.05, 0) is 49.6 Å². The van der Waals surface area contributed by atoms with E-state index in [1.165, 1.54) is 22.0 Å². The standard InChI is InChI=1S/C20H26N4O2.HI/c1-3-21-20(24-13-17(25)18-8-5-11-26-18)22-10-9-15-12-23-16-7-4-6-14(2)19(15)16;/h4-8,11-12,17,23,25H,3,9-10,13H2,1-2H3,(H2,21,22,24);1H. The summed E-state index contributed by atoms with van der Waals surface area (Å²) in [5.74, 6) is 1.22. The van der Waals surface area contributed by atoms with Gasteiger partial charge >= 0.3 is 0 Å². The fraction of sp³-hybridized carbons (Fsp3) is 0.350. The van der Waals surface area contributed by atoms with Gasteiger partial charge in [-0.3, -0.25) is 4.99 Å². The lowest BCUT2D eigenvalue weighted by Gasteiger charge is -2.12. The average Bonchev–Trinajstić information content (AvgIpc) is 3.30. The van der Waals surface area contributed by atoms with E-state index in [9.17, 15) is 5.11 Å². The smallest absolute Gasteiger partial charge is 0.191 e. The van der Waals surface area contributed by atoms with E-state index in [0.29, 0.717) is 11.7 Å². The van der Waals surface area contributed by atoms with Gasteiger partial charge in [0, 0.05) is 30.2 Å². The highest BCUT2D eigenvalue weighted by Gasteiger charge is 2.10. The Morgan fingerprint density at radius 1 is 1.26 bits per heavy atom. The molecule has 146 valence electrons. The Morgan fingerprint density at radius 3 is 2.85 bits per heavy atom. The first-order valence-corrected chi connectivity index (χ1v) is 8.98. The summed E-state index contributed by atoms with van der Waals surface area (Å²) in [6.07, 6.45) is 3.77. The second-order valence-electron chi connectivity index (χ2n) is 6.24. The molecule has 2 aromatic heterocycles. The van der Waals surface area contributed by atoms with Gasteiger partial charge in [-0.1, -0.05) is 12.1 Å². The number of fused-ring (bicyclic) bond motifs is 1. The molecule has 1 atom stereocenters. The Kier molecular flexibility index (Phi) is 8.18. The number of guanidine groups is 1. The van der Waals surface area contributed by atoms with Crippen LogP contribution in [0.2, 0.25) is 0 Å². The van der Waals surface area contributed by atoms with E-state index in [4.69, 9.17) is 4.42 Å². The highest BCUT2D eigenvalue weighted by atomic mass is 127. The summed E-state index contributed by atoms with van der Waals surface area (Å²) in [7, 11) is 0. The number of H-pyrrole nitrogens is 1. The van der Waals surface area contributed by atoms with Gasteiger partial charge < -0.3 is 25.1 Å². The maximum atomic E-state index is 10.1. The average molecular weight is 482 g/mol. The molecule has 0 radical (unpaired) electrons. The summed E-state index contributed by atoms with van der Waals surface area (Å²) in [5, 5.41) is 17.9. The number of rotatable bonds is 7. The van der Waals surface area contributed by atoms with Gasteiger partial charge in [0.1, 0.15) is 11.9 Å². The van der Waals surface area contributed by atoms with E-state index in [2.05, 4.69) is 51.9 Å². The zero-order valence-electron chi connectivity index (χ0n) is 15.7. The number of aliphatic imine (C=N–C) groups is 1. The van der Waals surface area contributed by atoms with Crippen molar-refractivity contribution in [2.75, 3.05) is 19.6 Å². The van der Waals surface area contributed by atoms with E-state index in [-0.39, 0.29) is 30.5 Å². The maximum absolute atomic E-state index is 10.1. The van der Waals surface area contributed by atoms with E-state index in [1.54, 1.807) is 18.4 Å². The van der Waals surface area contributed by atoms with Gasteiger partial charge in [-0.2, -0.15) is 0 Å². The molecule has 0 amide bonds. The summed E-state index contributed by atoms with van der Waals surface area (Å²) in [6.45, 7) is 5.91. The summed E-state index contributed by atoms with van der Waals surface area (Å²) >= 11 is 0. The van der Waals surface area contributed by atoms with Crippen molar-refractivity contribution in [1.82, 2.24) is 15.6 Å². The largest absolute Gasteiger partial charge is 0.467 e. The lowest BCUT2D eigenvalue weighted by atomic mass is 10.1. The Morgan fingerprint density at radius 2 is 2.11 bits per heavy atom. The lowest BCUT2D eigenvalue weighted by molar-refractivity contribution is 0.158. The van der Waals surface area contributed by atoms with E-state index in [0.717, 1.165) is 19.5 Å². The molecular formula is C20H27IN4O2. The number of hydrogen-bond donors (Lipinski definition) is 4. The van der Waals surface area contributed by atoms with Gasteiger partial charge in [0.05, 0.1) is 12.8 Å². The molecule has 0 aliphatic carbocycles. The lowest BCUT2D eigenvalue weighted by Crippen LogP contribution is -2.38. The quantitative estimate of drug-likeness (QED) is 0.236. The molecule has 0 spiro atoms. The van der Waals surface area contributed by atoms with Crippen LogP contribution in [0, 0.1) is 6.92 Å². The molecule has 6 nitrogen and oxygen atoms in total. The molecule has 3 rings (SSSR count). The van der Waals surface area contributed by atoms with Gasteiger partial charge in [0.15, 0.2) is 5.96 Å². The number of aliphatic hydroxyl groups excluding tert-OH is 1. The third-order valence-electron chi connectivity index (χ3n) is 4.32. The molecule has 2 heterocycles. The minimum absolute atomic E-state index is 0. The van der Waals surface area contributed by atoms with Crippen molar-refractivity contribution in [3.8, 4) is 0 Å². The minimum atomic E-state index is -0.739. The van der Waals surface area contributed by atoms with Crippen molar-refractivity contribution >= 4 is 40.8 Å². The number of benzene rings is 1. The Labute approximate surface area is 176 Å². The van der Waals surface area contributed by atoms with Gasteiger partial charge in [0.2, 0.25) is 0 Å². The first kappa shape index (κ1) is 21.3. The summed E-state index contributed by atoms with van der Waals surface area (Å²) in [4.78, 5) is 7.78. The van der Waals surface area contributed by atoms with E-state index in [1.807, 2.05) is 6.92 Å². The van der Waals surface area contributed by atoms with Crippen LogP contribution in [-0.2, 0) is 6.42 Å². The number of nitrogens with zero attached hydrogens (tertiary/aromatic N) is 1. The van der Waals surface area contributed by atoms with Crippen LogP contribution >= 0.6 is 24.0 Å². The van der Waals surface area contributed by atoms with Crippen molar-refractivity contribution in [3.05, 3.63) is 59.7 Å². The van der Waals surface area contributed by atoms with Crippen LogP contribution in [0.15, 0.2) is 52.2 Å². The highest BCUT2D eigenvalue weighted by Crippen LogP contribution is 2.22. The van der Waals surface area contributed by atoms with Crippen LogP contribution in [-0.4, -0.2) is 35.7 Å². The van der Waals surface area contributed by atoms with Crippen LogP contribution in [0.3, 0.4) is 0 Å². The molecule has 1 aromatic carbocycles. The predicted molar refractivity (Wildman–Crippen MR) is 120 cm³/mol. The van der Waals surface area contributed by atoms with Crippen LogP contribution in [0.25, 0.3) is 10.9 Å². The molecule has 1 unspecified atom stereocenters. The molecule has 0 saturated carbocycles. The molecule has 0 aliphatic rings. The molecule has 27 heavy (non-hydrogen) atoms.